The van der Waals surface area contributed by atoms with E-state index in [0.29, 0.717) is 16.7 Å². The highest BCUT2D eigenvalue weighted by atomic mass is 16.5. The predicted molar refractivity (Wildman–Crippen MR) is 78.1 cm³/mol. The highest BCUT2D eigenvalue weighted by molar-refractivity contribution is 5.56. The van der Waals surface area contributed by atoms with E-state index in [-0.39, 0.29) is 0 Å². The third-order valence-corrected chi connectivity index (χ3v) is 5.68. The molecule has 1 heterocycles. The van der Waals surface area contributed by atoms with Crippen LogP contribution in [-0.4, -0.2) is 6.61 Å². The second-order valence-electron chi connectivity index (χ2n) is 7.54. The third kappa shape index (κ3) is 1.67. The Labute approximate surface area is 116 Å². The second kappa shape index (κ2) is 3.56. The van der Waals surface area contributed by atoms with Gasteiger partial charge in [0.15, 0.2) is 0 Å². The lowest BCUT2D eigenvalue weighted by Crippen LogP contribution is -2.23. The zero-order chi connectivity index (χ0) is 13.3. The summed E-state index contributed by atoms with van der Waals surface area (Å²) in [5, 5.41) is 0. The van der Waals surface area contributed by atoms with Gasteiger partial charge in [0, 0.05) is 16.5 Å². The molecule has 1 aromatic carbocycles. The van der Waals surface area contributed by atoms with Crippen molar-refractivity contribution in [2.24, 2.45) is 0 Å². The van der Waals surface area contributed by atoms with Crippen LogP contribution in [0.25, 0.3) is 0 Å². The Morgan fingerprint density at radius 2 is 1.68 bits per heavy atom. The van der Waals surface area contributed by atoms with Gasteiger partial charge in [-0.25, -0.2) is 0 Å². The predicted octanol–water partition coefficient (Wildman–Crippen LogP) is 4.68. The van der Waals surface area contributed by atoms with Gasteiger partial charge in [-0.05, 0) is 49.0 Å². The van der Waals surface area contributed by atoms with Crippen molar-refractivity contribution in [1.29, 1.82) is 0 Å². The molecule has 0 radical (unpaired) electrons. The number of hydrogen-bond acceptors (Lipinski definition) is 1. The molecular formula is C18H24O. The Morgan fingerprint density at radius 3 is 2.26 bits per heavy atom. The standard InChI is InChI=1S/C18H24O/c1-12(2)13-10-14(17(3)4-5-17)16-15(11-13)18(6-7-18)8-9-19-16/h10-12H,4-9H2,1-3H3. The quantitative estimate of drug-likeness (QED) is 0.746. The van der Waals surface area contributed by atoms with Gasteiger partial charge in [0.2, 0.25) is 0 Å². The molecule has 4 rings (SSSR count). The molecule has 0 N–H and O–H groups in total. The highest BCUT2D eigenvalue weighted by Crippen LogP contribution is 2.60. The molecule has 102 valence electrons. The van der Waals surface area contributed by atoms with E-state index < -0.39 is 0 Å². The minimum atomic E-state index is 0.405. The molecule has 0 aromatic heterocycles. The summed E-state index contributed by atoms with van der Waals surface area (Å²) in [6.45, 7) is 7.95. The van der Waals surface area contributed by atoms with Crippen molar-refractivity contribution in [2.45, 2.75) is 69.6 Å². The Bertz CT molecular complexity index is 516. The highest BCUT2D eigenvalue weighted by Gasteiger charge is 2.51. The van der Waals surface area contributed by atoms with Crippen molar-refractivity contribution in [2.75, 3.05) is 6.61 Å². The first-order chi connectivity index (χ1) is 9.04. The molecule has 2 aliphatic carbocycles. The van der Waals surface area contributed by atoms with Crippen LogP contribution in [0.4, 0.5) is 0 Å². The summed E-state index contributed by atoms with van der Waals surface area (Å²) in [5.74, 6) is 1.89. The van der Waals surface area contributed by atoms with Crippen LogP contribution in [0.5, 0.6) is 5.75 Å². The maximum absolute atomic E-state index is 6.13. The first kappa shape index (κ1) is 11.8. The van der Waals surface area contributed by atoms with Crippen LogP contribution in [-0.2, 0) is 10.8 Å². The zero-order valence-corrected chi connectivity index (χ0v) is 12.4. The molecule has 1 aliphatic heterocycles. The molecule has 1 heteroatoms. The van der Waals surface area contributed by atoms with E-state index in [2.05, 4.69) is 32.9 Å². The Hall–Kier alpha value is -0.980. The molecular weight excluding hydrogens is 232 g/mol. The van der Waals surface area contributed by atoms with Crippen molar-refractivity contribution < 1.29 is 4.74 Å². The van der Waals surface area contributed by atoms with E-state index in [4.69, 9.17) is 4.74 Å². The lowest BCUT2D eigenvalue weighted by Gasteiger charge is -2.31. The van der Waals surface area contributed by atoms with E-state index >= 15 is 0 Å². The largest absolute Gasteiger partial charge is 0.493 e. The van der Waals surface area contributed by atoms with Gasteiger partial charge in [-0.3, -0.25) is 0 Å². The Balaban J connectivity index is 1.93. The smallest absolute Gasteiger partial charge is 0.126 e. The van der Waals surface area contributed by atoms with Crippen LogP contribution >= 0.6 is 0 Å². The van der Waals surface area contributed by atoms with Gasteiger partial charge < -0.3 is 4.74 Å². The van der Waals surface area contributed by atoms with Crippen LogP contribution in [0.2, 0.25) is 0 Å². The molecule has 0 unspecified atom stereocenters. The Kier molecular flexibility index (Phi) is 2.21. The van der Waals surface area contributed by atoms with Gasteiger partial charge in [0.1, 0.15) is 5.75 Å². The number of ether oxygens (including phenoxy) is 1. The molecule has 1 spiro atoms. The summed E-state index contributed by atoms with van der Waals surface area (Å²) in [4.78, 5) is 0. The number of benzene rings is 1. The van der Waals surface area contributed by atoms with Gasteiger partial charge in [-0.2, -0.15) is 0 Å². The van der Waals surface area contributed by atoms with Crippen molar-refractivity contribution in [3.63, 3.8) is 0 Å². The van der Waals surface area contributed by atoms with Crippen LogP contribution < -0.4 is 4.74 Å². The zero-order valence-electron chi connectivity index (χ0n) is 12.4. The van der Waals surface area contributed by atoms with Gasteiger partial charge in [-0.1, -0.05) is 32.9 Å². The second-order valence-corrected chi connectivity index (χ2v) is 7.54. The van der Waals surface area contributed by atoms with Gasteiger partial charge in [0.25, 0.3) is 0 Å². The number of rotatable bonds is 2. The summed E-state index contributed by atoms with van der Waals surface area (Å²) in [6.07, 6.45) is 6.65. The van der Waals surface area contributed by atoms with Crippen molar-refractivity contribution in [3.8, 4) is 5.75 Å². The molecule has 0 atom stereocenters. The fourth-order valence-corrected chi connectivity index (χ4v) is 3.59. The first-order valence-electron chi connectivity index (χ1n) is 7.86. The van der Waals surface area contributed by atoms with Crippen molar-refractivity contribution >= 4 is 0 Å². The van der Waals surface area contributed by atoms with Crippen LogP contribution in [0, 0.1) is 0 Å². The molecule has 0 bridgehead atoms. The maximum Gasteiger partial charge on any atom is 0.126 e. The summed E-state index contributed by atoms with van der Waals surface area (Å²) < 4.78 is 6.13. The van der Waals surface area contributed by atoms with Crippen molar-refractivity contribution in [3.05, 3.63) is 28.8 Å². The lowest BCUT2D eigenvalue weighted by molar-refractivity contribution is 0.255. The Morgan fingerprint density at radius 1 is 1.00 bits per heavy atom. The fourth-order valence-electron chi connectivity index (χ4n) is 3.59. The van der Waals surface area contributed by atoms with Gasteiger partial charge in [0.05, 0.1) is 6.61 Å². The number of hydrogen-bond donors (Lipinski definition) is 0. The molecule has 0 saturated heterocycles. The minimum absolute atomic E-state index is 0.405. The van der Waals surface area contributed by atoms with Gasteiger partial charge >= 0.3 is 0 Å². The third-order valence-electron chi connectivity index (χ3n) is 5.68. The fraction of sp³-hybridized carbons (Fsp3) is 0.667. The summed E-state index contributed by atoms with van der Waals surface area (Å²) >= 11 is 0. The molecule has 1 aromatic rings. The summed E-state index contributed by atoms with van der Waals surface area (Å²) in [6, 6.07) is 4.90. The van der Waals surface area contributed by atoms with E-state index in [9.17, 15) is 0 Å². The minimum Gasteiger partial charge on any atom is -0.493 e. The van der Waals surface area contributed by atoms with E-state index in [0.717, 1.165) is 6.61 Å². The normalized spacial score (nSPS) is 25.1. The monoisotopic (exact) mass is 256 g/mol. The SMILES string of the molecule is CC(C)c1cc(C2(C)CC2)c2c(c1)C1(CCO2)CC1. The van der Waals surface area contributed by atoms with E-state index in [1.807, 2.05) is 0 Å². The van der Waals surface area contributed by atoms with Crippen LogP contribution in [0.3, 0.4) is 0 Å². The average Bonchev–Trinajstić information content (AvgIpc) is 3.29. The molecule has 19 heavy (non-hydrogen) atoms. The van der Waals surface area contributed by atoms with E-state index in [1.54, 1.807) is 5.56 Å². The molecule has 0 amide bonds. The van der Waals surface area contributed by atoms with Gasteiger partial charge in [-0.15, -0.1) is 0 Å². The summed E-state index contributed by atoms with van der Waals surface area (Å²) in [7, 11) is 0. The van der Waals surface area contributed by atoms with Crippen LogP contribution in [0.15, 0.2) is 12.1 Å². The molecule has 1 nitrogen and oxygen atoms in total. The van der Waals surface area contributed by atoms with Crippen LogP contribution in [0.1, 0.15) is 75.5 Å². The van der Waals surface area contributed by atoms with E-state index in [1.165, 1.54) is 49.0 Å². The number of fused-ring (bicyclic) bond motifs is 2. The molecule has 2 fully saturated rings. The lowest BCUT2D eigenvalue weighted by atomic mass is 9.82. The van der Waals surface area contributed by atoms with Crippen molar-refractivity contribution in [1.82, 2.24) is 0 Å². The molecule has 3 aliphatic rings. The topological polar surface area (TPSA) is 9.23 Å². The first-order valence-corrected chi connectivity index (χ1v) is 7.86. The summed E-state index contributed by atoms with van der Waals surface area (Å²) in [5.41, 5.74) is 5.48. The molecule has 2 saturated carbocycles. The maximum atomic E-state index is 6.13. The average molecular weight is 256 g/mol.